The fourth-order valence-corrected chi connectivity index (χ4v) is 2.67. The van der Waals surface area contributed by atoms with Crippen LogP contribution in [-0.4, -0.2) is 35.8 Å². The molecule has 0 bridgehead atoms. The number of hydrogen-bond donors (Lipinski definition) is 0. The molecule has 6 nitrogen and oxygen atoms in total. The molecule has 0 unspecified atom stereocenters. The lowest BCUT2D eigenvalue weighted by molar-refractivity contribution is 0.209. The molecule has 2 aromatic rings. The van der Waals surface area contributed by atoms with Gasteiger partial charge in [-0.25, -0.2) is 0 Å². The molecule has 0 aliphatic carbocycles. The molecular formula is C15H19N3O3. The van der Waals surface area contributed by atoms with Crippen molar-refractivity contribution in [2.24, 2.45) is 0 Å². The van der Waals surface area contributed by atoms with Crippen molar-refractivity contribution in [3.8, 4) is 11.5 Å². The second kappa shape index (κ2) is 5.73. The normalized spacial score (nSPS) is 14.8. The standard InChI is InChI=1S/C15H19N3O3/c1-10-16-15(21-17-10)9-18-5-4-11-6-13(19-2)14(20-3)7-12(11)8-18/h6-7H,4-5,8-9H2,1-3H3. The fraction of sp³-hybridized carbons (Fsp3) is 0.467. The number of nitrogens with zero attached hydrogens (tertiary/aromatic N) is 3. The van der Waals surface area contributed by atoms with Gasteiger partial charge in [0.15, 0.2) is 17.3 Å². The van der Waals surface area contributed by atoms with Crippen LogP contribution >= 0.6 is 0 Å². The minimum Gasteiger partial charge on any atom is -0.493 e. The topological polar surface area (TPSA) is 60.6 Å². The number of aromatic nitrogens is 2. The van der Waals surface area contributed by atoms with Crippen molar-refractivity contribution < 1.29 is 14.0 Å². The molecule has 2 heterocycles. The number of benzene rings is 1. The summed E-state index contributed by atoms with van der Waals surface area (Å²) in [6, 6.07) is 4.13. The molecule has 0 radical (unpaired) electrons. The summed E-state index contributed by atoms with van der Waals surface area (Å²) in [5, 5.41) is 3.83. The zero-order chi connectivity index (χ0) is 14.8. The molecule has 0 saturated heterocycles. The molecule has 1 aliphatic rings. The van der Waals surface area contributed by atoms with Crippen LogP contribution in [0.15, 0.2) is 16.7 Å². The van der Waals surface area contributed by atoms with Crippen LogP contribution in [0.5, 0.6) is 11.5 Å². The van der Waals surface area contributed by atoms with Gasteiger partial charge in [-0.3, -0.25) is 4.90 Å². The van der Waals surface area contributed by atoms with E-state index >= 15 is 0 Å². The lowest BCUT2D eigenvalue weighted by Crippen LogP contribution is -2.30. The summed E-state index contributed by atoms with van der Waals surface area (Å²) in [6.45, 7) is 4.31. The highest BCUT2D eigenvalue weighted by Gasteiger charge is 2.20. The van der Waals surface area contributed by atoms with E-state index in [-0.39, 0.29) is 0 Å². The SMILES string of the molecule is COc1cc2c(cc1OC)CN(Cc1nc(C)no1)CC2. The van der Waals surface area contributed by atoms with Gasteiger partial charge in [-0.2, -0.15) is 4.98 Å². The molecule has 0 amide bonds. The van der Waals surface area contributed by atoms with Gasteiger partial charge < -0.3 is 14.0 Å². The Bertz CT molecular complexity index is 639. The first-order chi connectivity index (χ1) is 10.2. The summed E-state index contributed by atoms with van der Waals surface area (Å²) in [5.41, 5.74) is 2.57. The van der Waals surface area contributed by atoms with Gasteiger partial charge >= 0.3 is 0 Å². The molecule has 21 heavy (non-hydrogen) atoms. The Kier molecular flexibility index (Phi) is 3.79. The minimum absolute atomic E-state index is 0.663. The number of hydrogen-bond acceptors (Lipinski definition) is 6. The van der Waals surface area contributed by atoms with Crippen LogP contribution in [0.25, 0.3) is 0 Å². The highest BCUT2D eigenvalue weighted by Crippen LogP contribution is 2.33. The molecule has 0 fully saturated rings. The van der Waals surface area contributed by atoms with Gasteiger partial charge in [0.1, 0.15) is 0 Å². The summed E-state index contributed by atoms with van der Waals surface area (Å²) in [4.78, 5) is 6.55. The van der Waals surface area contributed by atoms with Crippen molar-refractivity contribution in [2.45, 2.75) is 26.4 Å². The van der Waals surface area contributed by atoms with Crippen LogP contribution in [0.1, 0.15) is 22.8 Å². The van der Waals surface area contributed by atoms with Crippen LogP contribution in [0.2, 0.25) is 0 Å². The molecule has 1 aromatic carbocycles. The Labute approximate surface area is 123 Å². The van der Waals surface area contributed by atoms with Crippen molar-refractivity contribution in [1.29, 1.82) is 0 Å². The maximum absolute atomic E-state index is 5.37. The average Bonchev–Trinajstić information content (AvgIpc) is 2.90. The predicted octanol–water partition coefficient (Wildman–Crippen LogP) is 1.95. The number of aryl methyl sites for hydroxylation is 1. The summed E-state index contributed by atoms with van der Waals surface area (Å²) < 4.78 is 15.9. The first kappa shape index (κ1) is 13.9. The minimum atomic E-state index is 0.663. The van der Waals surface area contributed by atoms with Gasteiger partial charge in [0.2, 0.25) is 5.89 Å². The van der Waals surface area contributed by atoms with Crippen LogP contribution in [0.4, 0.5) is 0 Å². The Morgan fingerprint density at radius 2 is 1.90 bits per heavy atom. The van der Waals surface area contributed by atoms with Crippen molar-refractivity contribution in [2.75, 3.05) is 20.8 Å². The molecule has 0 N–H and O–H groups in total. The van der Waals surface area contributed by atoms with E-state index in [0.717, 1.165) is 31.0 Å². The third-order valence-corrected chi connectivity index (χ3v) is 3.73. The highest BCUT2D eigenvalue weighted by atomic mass is 16.5. The van der Waals surface area contributed by atoms with Gasteiger partial charge in [0, 0.05) is 13.1 Å². The number of rotatable bonds is 4. The van der Waals surface area contributed by atoms with Crippen molar-refractivity contribution >= 4 is 0 Å². The van der Waals surface area contributed by atoms with Crippen molar-refractivity contribution in [3.05, 3.63) is 35.0 Å². The largest absolute Gasteiger partial charge is 0.493 e. The maximum atomic E-state index is 5.37. The Hall–Kier alpha value is -2.08. The van der Waals surface area contributed by atoms with Crippen LogP contribution in [0, 0.1) is 6.92 Å². The first-order valence-corrected chi connectivity index (χ1v) is 6.95. The smallest absolute Gasteiger partial charge is 0.240 e. The molecular weight excluding hydrogens is 270 g/mol. The number of methoxy groups -OCH3 is 2. The molecule has 0 spiro atoms. The van der Waals surface area contributed by atoms with E-state index in [1.54, 1.807) is 14.2 Å². The van der Waals surface area contributed by atoms with Crippen LogP contribution in [-0.2, 0) is 19.5 Å². The van der Waals surface area contributed by atoms with Gasteiger partial charge in [-0.1, -0.05) is 5.16 Å². The van der Waals surface area contributed by atoms with Gasteiger partial charge in [0.05, 0.1) is 20.8 Å². The Morgan fingerprint density at radius 3 is 2.52 bits per heavy atom. The van der Waals surface area contributed by atoms with E-state index in [4.69, 9.17) is 14.0 Å². The van der Waals surface area contributed by atoms with Gasteiger partial charge in [0.25, 0.3) is 0 Å². The first-order valence-electron chi connectivity index (χ1n) is 6.95. The lowest BCUT2D eigenvalue weighted by Gasteiger charge is -2.28. The zero-order valence-electron chi connectivity index (χ0n) is 12.5. The molecule has 1 aromatic heterocycles. The Balaban J connectivity index is 1.78. The predicted molar refractivity (Wildman–Crippen MR) is 76.4 cm³/mol. The second-order valence-electron chi connectivity index (χ2n) is 5.17. The van der Waals surface area contributed by atoms with Crippen molar-refractivity contribution in [1.82, 2.24) is 15.0 Å². The van der Waals surface area contributed by atoms with E-state index in [0.29, 0.717) is 18.3 Å². The summed E-state index contributed by atoms with van der Waals surface area (Å²) in [7, 11) is 3.32. The van der Waals surface area contributed by atoms with Gasteiger partial charge in [-0.15, -0.1) is 0 Å². The van der Waals surface area contributed by atoms with E-state index in [1.807, 2.05) is 6.92 Å². The highest BCUT2D eigenvalue weighted by molar-refractivity contribution is 5.48. The summed E-state index contributed by atoms with van der Waals surface area (Å²) in [6.07, 6.45) is 0.975. The quantitative estimate of drug-likeness (QED) is 0.857. The van der Waals surface area contributed by atoms with Gasteiger partial charge in [-0.05, 0) is 36.6 Å². The fourth-order valence-electron chi connectivity index (χ4n) is 2.67. The molecule has 0 atom stereocenters. The molecule has 1 aliphatic heterocycles. The second-order valence-corrected chi connectivity index (χ2v) is 5.17. The van der Waals surface area contributed by atoms with Crippen molar-refractivity contribution in [3.63, 3.8) is 0 Å². The van der Waals surface area contributed by atoms with E-state index < -0.39 is 0 Å². The molecule has 112 valence electrons. The lowest BCUT2D eigenvalue weighted by atomic mass is 9.99. The Morgan fingerprint density at radius 1 is 1.19 bits per heavy atom. The van der Waals surface area contributed by atoms with Crippen LogP contribution in [0.3, 0.4) is 0 Å². The molecule has 3 rings (SSSR count). The molecule has 6 heteroatoms. The molecule has 0 saturated carbocycles. The summed E-state index contributed by atoms with van der Waals surface area (Å²) in [5.74, 6) is 2.90. The number of ether oxygens (including phenoxy) is 2. The van der Waals surface area contributed by atoms with E-state index in [2.05, 4.69) is 27.2 Å². The van der Waals surface area contributed by atoms with E-state index in [1.165, 1.54) is 11.1 Å². The maximum Gasteiger partial charge on any atom is 0.240 e. The summed E-state index contributed by atoms with van der Waals surface area (Å²) >= 11 is 0. The van der Waals surface area contributed by atoms with Crippen LogP contribution < -0.4 is 9.47 Å². The average molecular weight is 289 g/mol. The number of fused-ring (bicyclic) bond motifs is 1. The van der Waals surface area contributed by atoms with E-state index in [9.17, 15) is 0 Å². The third-order valence-electron chi connectivity index (χ3n) is 3.73. The zero-order valence-corrected chi connectivity index (χ0v) is 12.5. The monoisotopic (exact) mass is 289 g/mol. The third kappa shape index (κ3) is 2.85.